The molecule has 34 heavy (non-hydrogen) atoms. The molecule has 2 aromatic carbocycles. The summed E-state index contributed by atoms with van der Waals surface area (Å²) in [4.78, 5) is 15.3. The number of nitrogens with zero attached hydrogens (tertiary/aromatic N) is 1. The number of hydrogen-bond donors (Lipinski definition) is 1. The molecule has 2 unspecified atom stereocenters. The van der Waals surface area contributed by atoms with Gasteiger partial charge < -0.3 is 19.7 Å². The molecule has 0 saturated heterocycles. The molecule has 0 saturated carbocycles. The van der Waals surface area contributed by atoms with E-state index in [9.17, 15) is 4.79 Å². The molecule has 0 aliphatic carbocycles. The zero-order valence-electron chi connectivity index (χ0n) is 21.6. The number of carbonyl (C=O) groups is 1. The van der Waals surface area contributed by atoms with Gasteiger partial charge in [-0.15, -0.1) is 0 Å². The van der Waals surface area contributed by atoms with Gasteiger partial charge in [-0.2, -0.15) is 0 Å². The van der Waals surface area contributed by atoms with Gasteiger partial charge in [0, 0.05) is 38.0 Å². The van der Waals surface area contributed by atoms with E-state index < -0.39 is 0 Å². The van der Waals surface area contributed by atoms with Crippen LogP contribution >= 0.6 is 11.6 Å². The smallest absolute Gasteiger partial charge is 0.226 e. The molecular weight excluding hydrogens is 448 g/mol. The molecule has 1 aliphatic rings. The minimum atomic E-state index is -0.143. The fraction of sp³-hybridized carbons (Fsp3) is 0.536. The van der Waals surface area contributed by atoms with Gasteiger partial charge in [0.25, 0.3) is 0 Å². The fourth-order valence-electron chi connectivity index (χ4n) is 3.88. The molecule has 1 amide bonds. The number of ether oxygens (including phenoxy) is 2. The van der Waals surface area contributed by atoms with E-state index in [2.05, 4.69) is 38.2 Å². The summed E-state index contributed by atoms with van der Waals surface area (Å²) in [7, 11) is 0. The van der Waals surface area contributed by atoms with Gasteiger partial charge >= 0.3 is 0 Å². The van der Waals surface area contributed by atoms with Crippen molar-refractivity contribution in [3.8, 4) is 11.5 Å². The molecule has 2 atom stereocenters. The van der Waals surface area contributed by atoms with Crippen LogP contribution in [0.1, 0.15) is 65.1 Å². The second-order valence-corrected chi connectivity index (χ2v) is 9.42. The number of halogens is 1. The maximum atomic E-state index is 13.4. The molecule has 3 rings (SSSR count). The number of nitrogens with one attached hydrogen (secondary N) is 1. The van der Waals surface area contributed by atoms with Gasteiger partial charge in [0.05, 0.1) is 18.2 Å². The Morgan fingerprint density at radius 3 is 2.41 bits per heavy atom. The van der Waals surface area contributed by atoms with E-state index in [1.165, 1.54) is 5.56 Å². The third-order valence-electron chi connectivity index (χ3n) is 5.58. The van der Waals surface area contributed by atoms with E-state index in [1.54, 1.807) is 0 Å². The molecule has 0 bridgehead atoms. The summed E-state index contributed by atoms with van der Waals surface area (Å²) in [6.07, 6.45) is 0.824. The second-order valence-electron chi connectivity index (χ2n) is 9.01. The number of rotatable bonds is 9. The van der Waals surface area contributed by atoms with Gasteiger partial charge in [-0.1, -0.05) is 76.6 Å². The molecule has 5 nitrogen and oxygen atoms in total. The first-order valence-corrected chi connectivity index (χ1v) is 12.9. The molecule has 188 valence electrons. The summed E-state index contributed by atoms with van der Waals surface area (Å²) in [5.74, 6) is 1.61. The highest BCUT2D eigenvalue weighted by Gasteiger charge is 2.24. The minimum absolute atomic E-state index is 0.134. The van der Waals surface area contributed by atoms with Crippen molar-refractivity contribution in [2.45, 2.75) is 60.5 Å². The molecule has 1 N–H and O–H groups in total. The summed E-state index contributed by atoms with van der Waals surface area (Å²) in [6.45, 7) is 15.4. The lowest BCUT2D eigenvalue weighted by atomic mass is 10.1. The average molecular weight is 489 g/mol. The van der Waals surface area contributed by atoms with E-state index in [0.29, 0.717) is 55.3 Å². The molecule has 1 heterocycles. The van der Waals surface area contributed by atoms with Crippen LogP contribution in [0.4, 0.5) is 0 Å². The average Bonchev–Trinajstić information content (AvgIpc) is 3.09. The van der Waals surface area contributed by atoms with E-state index in [4.69, 9.17) is 21.1 Å². The van der Waals surface area contributed by atoms with Crippen LogP contribution in [0, 0.1) is 11.8 Å². The Balaban J connectivity index is 0.00000199. The number of carbonyl (C=O) groups excluding carboxylic acids is 1. The lowest BCUT2D eigenvalue weighted by Crippen LogP contribution is -2.41. The molecule has 2 aromatic rings. The van der Waals surface area contributed by atoms with Crippen molar-refractivity contribution in [1.29, 1.82) is 0 Å². The zero-order chi connectivity index (χ0) is 25.1. The van der Waals surface area contributed by atoms with E-state index in [-0.39, 0.29) is 17.9 Å². The van der Waals surface area contributed by atoms with Crippen LogP contribution in [-0.4, -0.2) is 37.1 Å². The highest BCUT2D eigenvalue weighted by atomic mass is 35.5. The number of fused-ring (bicyclic) bond motifs is 1. The van der Waals surface area contributed by atoms with Gasteiger partial charge in [-0.25, -0.2) is 0 Å². The molecule has 6 heteroatoms. The standard InChI is InChI=1S/C26H35ClN2O3.C2H6/c1-18(2)16-29(17-21-13-23(27)25-24(14-21)31-11-8-12-32-25)26(30)19(3)15-28-20(4)22-9-6-5-7-10-22;1-2/h5-7,9-10,13-14,18-20,28H,8,11-12,15-17H2,1-4H3;1-2H3. The molecule has 0 fully saturated rings. The van der Waals surface area contributed by atoms with Gasteiger partial charge in [-0.05, 0) is 36.1 Å². The first kappa shape index (κ1) is 28.0. The highest BCUT2D eigenvalue weighted by molar-refractivity contribution is 6.32. The summed E-state index contributed by atoms with van der Waals surface area (Å²) >= 11 is 6.48. The number of benzene rings is 2. The maximum absolute atomic E-state index is 13.4. The minimum Gasteiger partial charge on any atom is -0.489 e. The lowest BCUT2D eigenvalue weighted by molar-refractivity contribution is -0.136. The molecule has 1 aliphatic heterocycles. The van der Waals surface area contributed by atoms with Gasteiger partial charge in [0.1, 0.15) is 0 Å². The number of amides is 1. The Morgan fingerprint density at radius 1 is 1.06 bits per heavy atom. The third-order valence-corrected chi connectivity index (χ3v) is 5.86. The van der Waals surface area contributed by atoms with E-state index in [0.717, 1.165) is 12.0 Å². The van der Waals surface area contributed by atoms with E-state index in [1.807, 2.05) is 56.0 Å². The molecule has 0 aromatic heterocycles. The molecular formula is C28H41ClN2O3. The Labute approximate surface area is 210 Å². The normalized spacial score (nSPS) is 14.5. The Morgan fingerprint density at radius 2 is 1.74 bits per heavy atom. The van der Waals surface area contributed by atoms with Crippen LogP contribution in [0.2, 0.25) is 5.02 Å². The van der Waals surface area contributed by atoms with Gasteiger partial charge in [0.15, 0.2) is 11.5 Å². The van der Waals surface area contributed by atoms with Crippen LogP contribution in [0.15, 0.2) is 42.5 Å². The van der Waals surface area contributed by atoms with E-state index >= 15 is 0 Å². The molecule has 0 radical (unpaired) electrons. The van der Waals surface area contributed by atoms with Crippen molar-refractivity contribution in [3.63, 3.8) is 0 Å². The van der Waals surface area contributed by atoms with Crippen LogP contribution in [0.5, 0.6) is 11.5 Å². The Bertz CT molecular complexity index is 889. The summed E-state index contributed by atoms with van der Waals surface area (Å²) in [5, 5.41) is 4.03. The summed E-state index contributed by atoms with van der Waals surface area (Å²) in [6, 6.07) is 14.3. The number of hydrogen-bond acceptors (Lipinski definition) is 4. The van der Waals surface area contributed by atoms with Crippen LogP contribution in [0.25, 0.3) is 0 Å². The molecule has 0 spiro atoms. The highest BCUT2D eigenvalue weighted by Crippen LogP contribution is 2.38. The first-order chi connectivity index (χ1) is 16.3. The van der Waals surface area contributed by atoms with Crippen LogP contribution in [-0.2, 0) is 11.3 Å². The van der Waals surface area contributed by atoms with Crippen molar-refractivity contribution >= 4 is 17.5 Å². The monoisotopic (exact) mass is 488 g/mol. The van der Waals surface area contributed by atoms with Crippen molar-refractivity contribution in [2.75, 3.05) is 26.3 Å². The predicted molar refractivity (Wildman–Crippen MR) is 141 cm³/mol. The van der Waals surface area contributed by atoms with Gasteiger partial charge in [-0.3, -0.25) is 4.79 Å². The summed E-state index contributed by atoms with van der Waals surface area (Å²) < 4.78 is 11.6. The Kier molecular flexibility index (Phi) is 11.7. The van der Waals surface area contributed by atoms with Crippen molar-refractivity contribution in [2.24, 2.45) is 11.8 Å². The largest absolute Gasteiger partial charge is 0.489 e. The Hall–Kier alpha value is -2.24. The first-order valence-electron chi connectivity index (χ1n) is 12.5. The third kappa shape index (κ3) is 8.21. The quantitative estimate of drug-likeness (QED) is 0.437. The van der Waals surface area contributed by atoms with Gasteiger partial charge in [0.2, 0.25) is 5.91 Å². The topological polar surface area (TPSA) is 50.8 Å². The zero-order valence-corrected chi connectivity index (χ0v) is 22.3. The lowest BCUT2D eigenvalue weighted by Gasteiger charge is -2.29. The summed E-state index contributed by atoms with van der Waals surface area (Å²) in [5.41, 5.74) is 2.17. The predicted octanol–water partition coefficient (Wildman–Crippen LogP) is 6.50. The maximum Gasteiger partial charge on any atom is 0.226 e. The van der Waals surface area contributed by atoms with Crippen molar-refractivity contribution in [3.05, 3.63) is 58.6 Å². The van der Waals surface area contributed by atoms with Crippen LogP contribution < -0.4 is 14.8 Å². The van der Waals surface area contributed by atoms with Crippen molar-refractivity contribution < 1.29 is 14.3 Å². The SMILES string of the molecule is CC.CC(C)CN(Cc1cc(Cl)c2c(c1)OCCCO2)C(=O)C(C)CNC(C)c1ccccc1. The fourth-order valence-corrected chi connectivity index (χ4v) is 4.17. The second kappa shape index (κ2) is 14.2. The van der Waals surface area contributed by atoms with Crippen molar-refractivity contribution in [1.82, 2.24) is 10.2 Å². The van der Waals surface area contributed by atoms with Crippen LogP contribution in [0.3, 0.4) is 0 Å².